The maximum Gasteiger partial charge on any atom is 0.411 e. The number of hydrogen-bond acceptors (Lipinski definition) is 7. The van der Waals surface area contributed by atoms with Crippen LogP contribution >= 0.6 is 11.3 Å². The molecule has 0 radical (unpaired) electrons. The minimum absolute atomic E-state index is 0.0950. The van der Waals surface area contributed by atoms with E-state index in [-0.39, 0.29) is 23.6 Å². The Morgan fingerprint density at radius 1 is 1.29 bits per heavy atom. The number of hydrogen-bond donors (Lipinski definition) is 3. The summed E-state index contributed by atoms with van der Waals surface area (Å²) in [5.41, 5.74) is 6.91. The third-order valence-electron chi connectivity index (χ3n) is 5.10. The molecule has 10 heteroatoms. The van der Waals surface area contributed by atoms with E-state index in [2.05, 4.69) is 15.0 Å². The molecule has 8 nitrogen and oxygen atoms in total. The van der Waals surface area contributed by atoms with Gasteiger partial charge in [0.25, 0.3) is 0 Å². The Balaban J connectivity index is 1.93. The lowest BCUT2D eigenvalue weighted by atomic mass is 9.87. The fourth-order valence-corrected chi connectivity index (χ4v) is 6.10. The van der Waals surface area contributed by atoms with Gasteiger partial charge in [-0.2, -0.15) is 0 Å². The molecule has 1 heterocycles. The van der Waals surface area contributed by atoms with E-state index in [0.717, 1.165) is 35.6 Å². The molecule has 0 unspecified atom stereocenters. The highest BCUT2D eigenvalue weighted by Crippen LogP contribution is 2.39. The van der Waals surface area contributed by atoms with Crippen molar-refractivity contribution in [3.8, 4) is 10.4 Å². The molecule has 1 saturated carbocycles. The molecule has 0 atom stereocenters. The van der Waals surface area contributed by atoms with Crippen molar-refractivity contribution in [1.82, 2.24) is 9.71 Å². The van der Waals surface area contributed by atoms with Crippen molar-refractivity contribution in [1.29, 1.82) is 0 Å². The summed E-state index contributed by atoms with van der Waals surface area (Å²) in [5, 5.41) is 3.60. The number of aromatic nitrogens is 1. The average Bonchev–Trinajstić information content (AvgIpc) is 3.18. The molecule has 0 spiro atoms. The first-order valence-corrected chi connectivity index (χ1v) is 12.8. The van der Waals surface area contributed by atoms with E-state index < -0.39 is 16.1 Å². The van der Waals surface area contributed by atoms with Gasteiger partial charge in [-0.1, -0.05) is 13.0 Å². The van der Waals surface area contributed by atoms with Gasteiger partial charge in [-0.25, -0.2) is 22.9 Å². The van der Waals surface area contributed by atoms with Crippen molar-refractivity contribution in [2.24, 2.45) is 5.73 Å². The van der Waals surface area contributed by atoms with Gasteiger partial charge in [0.2, 0.25) is 10.0 Å². The molecule has 0 aliphatic heterocycles. The maximum atomic E-state index is 12.9. The number of carbonyl (C=O) groups excluding carboxylic acids is 1. The second-order valence-electron chi connectivity index (χ2n) is 7.97. The lowest BCUT2D eigenvalue weighted by Crippen LogP contribution is -2.25. The number of nitrogens with two attached hydrogens (primary N) is 1. The minimum Gasteiger partial charge on any atom is -0.447 e. The Labute approximate surface area is 187 Å². The molecule has 3 rings (SSSR count). The summed E-state index contributed by atoms with van der Waals surface area (Å²) >= 11 is 1.51. The van der Waals surface area contributed by atoms with Gasteiger partial charge in [-0.3, -0.25) is 5.32 Å². The summed E-state index contributed by atoms with van der Waals surface area (Å²) in [6.45, 7) is 5.46. The molecule has 1 aliphatic carbocycles. The van der Waals surface area contributed by atoms with Crippen LogP contribution in [0.25, 0.3) is 10.4 Å². The molecule has 1 aromatic carbocycles. The van der Waals surface area contributed by atoms with E-state index >= 15 is 0 Å². The number of nitrogens with zero attached hydrogens (tertiary/aromatic N) is 1. The normalized spacial score (nSPS) is 19.4. The molecule has 4 N–H and O–H groups in total. The first-order chi connectivity index (χ1) is 14.7. The number of rotatable bonds is 7. The van der Waals surface area contributed by atoms with Crippen molar-refractivity contribution in [3.63, 3.8) is 0 Å². The quantitative estimate of drug-likeness (QED) is 0.566. The van der Waals surface area contributed by atoms with Gasteiger partial charge in [0.15, 0.2) is 0 Å². The Morgan fingerprint density at radius 2 is 2.00 bits per heavy atom. The van der Waals surface area contributed by atoms with Crippen molar-refractivity contribution in [3.05, 3.63) is 29.4 Å². The maximum absolute atomic E-state index is 12.9. The van der Waals surface area contributed by atoms with E-state index in [1.165, 1.54) is 17.4 Å². The second kappa shape index (κ2) is 10.1. The topological polar surface area (TPSA) is 123 Å². The molecule has 0 bridgehead atoms. The van der Waals surface area contributed by atoms with Gasteiger partial charge in [0.05, 0.1) is 20.9 Å². The van der Waals surface area contributed by atoms with Crippen molar-refractivity contribution in [2.45, 2.75) is 69.4 Å². The van der Waals surface area contributed by atoms with Crippen LogP contribution in [0, 0.1) is 0 Å². The first kappa shape index (κ1) is 23.6. The van der Waals surface area contributed by atoms with E-state index in [1.807, 2.05) is 0 Å². The van der Waals surface area contributed by atoms with Crippen LogP contribution in [0.2, 0.25) is 0 Å². The number of carbonyl (C=O) groups is 1. The van der Waals surface area contributed by atoms with Crippen LogP contribution in [0.4, 0.5) is 10.5 Å². The van der Waals surface area contributed by atoms with Crippen LogP contribution in [0.15, 0.2) is 29.3 Å². The monoisotopic (exact) mass is 466 g/mol. The van der Waals surface area contributed by atoms with Crippen LogP contribution in [-0.4, -0.2) is 38.2 Å². The van der Waals surface area contributed by atoms with Crippen LogP contribution in [0.5, 0.6) is 0 Å². The zero-order valence-electron chi connectivity index (χ0n) is 18.1. The summed E-state index contributed by atoms with van der Waals surface area (Å²) in [5.74, 6) is 0.360. The van der Waals surface area contributed by atoms with E-state index in [4.69, 9.17) is 10.5 Å². The molecular formula is C21H30N4O4S2. The van der Waals surface area contributed by atoms with Crippen LogP contribution in [-0.2, 0) is 14.8 Å². The number of anilines is 1. The number of thiazole rings is 1. The summed E-state index contributed by atoms with van der Waals surface area (Å²) in [6.07, 6.45) is 4.77. The number of amides is 1. The highest BCUT2D eigenvalue weighted by molar-refractivity contribution is 7.89. The summed E-state index contributed by atoms with van der Waals surface area (Å²) in [6, 6.07) is 5.08. The zero-order chi connectivity index (χ0) is 22.6. The van der Waals surface area contributed by atoms with E-state index in [0.29, 0.717) is 17.2 Å². The van der Waals surface area contributed by atoms with Crippen molar-refractivity contribution < 1.29 is 17.9 Å². The second-order valence-corrected chi connectivity index (χ2v) is 10.8. The van der Waals surface area contributed by atoms with Crippen molar-refractivity contribution in [2.75, 3.05) is 11.9 Å². The predicted octanol–water partition coefficient (Wildman–Crippen LogP) is 4.05. The van der Waals surface area contributed by atoms with Crippen LogP contribution < -0.4 is 15.8 Å². The Morgan fingerprint density at radius 3 is 2.65 bits per heavy atom. The Bertz CT molecular complexity index is 1010. The molecule has 2 aromatic rings. The van der Waals surface area contributed by atoms with Gasteiger partial charge < -0.3 is 10.5 Å². The largest absolute Gasteiger partial charge is 0.447 e. The first-order valence-electron chi connectivity index (χ1n) is 10.5. The third kappa shape index (κ3) is 6.03. The molecule has 0 saturated heterocycles. The predicted molar refractivity (Wildman–Crippen MR) is 123 cm³/mol. The van der Waals surface area contributed by atoms with Crippen LogP contribution in [0.1, 0.15) is 57.4 Å². The Kier molecular flexibility index (Phi) is 7.68. The summed E-state index contributed by atoms with van der Waals surface area (Å²) < 4.78 is 33.4. The highest BCUT2D eigenvalue weighted by atomic mass is 32.2. The van der Waals surface area contributed by atoms with Gasteiger partial charge in [0.1, 0.15) is 0 Å². The lowest BCUT2D eigenvalue weighted by Gasteiger charge is -2.24. The fraction of sp³-hybridized carbons (Fsp3) is 0.524. The highest BCUT2D eigenvalue weighted by Gasteiger charge is 2.25. The van der Waals surface area contributed by atoms with E-state index in [9.17, 15) is 13.2 Å². The summed E-state index contributed by atoms with van der Waals surface area (Å²) in [4.78, 5) is 17.4. The standard InChI is InChI=1S/C21H30N4O4S2/c1-4-24-31(27,28)19-11-16(25-21(26)29-13(2)3)9-10-17(19)18-12-23-20(30-18)14-5-7-15(22)8-6-14/h9-15,24H,4-8,22H2,1-3H3,(H,25,26). The number of sulfonamides is 1. The molecule has 1 amide bonds. The van der Waals surface area contributed by atoms with Gasteiger partial charge in [-0.05, 0) is 51.7 Å². The number of benzene rings is 1. The molecular weight excluding hydrogens is 436 g/mol. The molecule has 1 aliphatic rings. The smallest absolute Gasteiger partial charge is 0.411 e. The third-order valence-corrected chi connectivity index (χ3v) is 7.88. The SMILES string of the molecule is CCNS(=O)(=O)c1cc(NC(=O)OC(C)C)ccc1-c1cnc(C2CCC(N)CC2)s1. The number of nitrogens with one attached hydrogen (secondary N) is 2. The average molecular weight is 467 g/mol. The summed E-state index contributed by atoms with van der Waals surface area (Å²) in [7, 11) is -3.77. The van der Waals surface area contributed by atoms with Crippen molar-refractivity contribution >= 4 is 33.1 Å². The van der Waals surface area contributed by atoms with Gasteiger partial charge in [-0.15, -0.1) is 11.3 Å². The molecule has 1 fully saturated rings. The van der Waals surface area contributed by atoms with E-state index in [1.54, 1.807) is 39.1 Å². The van der Waals surface area contributed by atoms with Crippen LogP contribution in [0.3, 0.4) is 0 Å². The van der Waals surface area contributed by atoms with Gasteiger partial charge >= 0.3 is 6.09 Å². The lowest BCUT2D eigenvalue weighted by molar-refractivity contribution is 0.130. The fourth-order valence-electron chi connectivity index (χ4n) is 3.62. The molecule has 1 aromatic heterocycles. The molecule has 31 heavy (non-hydrogen) atoms. The van der Waals surface area contributed by atoms with Gasteiger partial charge in [0, 0.05) is 36.0 Å². The number of ether oxygens (including phenoxy) is 1. The minimum atomic E-state index is -3.77. The molecule has 170 valence electrons. The Hall–Kier alpha value is -2.01. The zero-order valence-corrected chi connectivity index (χ0v) is 19.7.